The molecule has 0 aliphatic rings. The number of H-pyrrole nitrogens is 1. The van der Waals surface area contributed by atoms with Crippen molar-refractivity contribution in [2.45, 2.75) is 31.0 Å². The summed E-state index contributed by atoms with van der Waals surface area (Å²) in [6.45, 7) is 1.46. The van der Waals surface area contributed by atoms with Crippen molar-refractivity contribution in [3.8, 4) is 0 Å². The summed E-state index contributed by atoms with van der Waals surface area (Å²) in [5.74, 6) is 0. The van der Waals surface area contributed by atoms with Crippen molar-refractivity contribution in [3.63, 3.8) is 0 Å². The Morgan fingerprint density at radius 2 is 1.69 bits per heavy atom. The Morgan fingerprint density at radius 3 is 2.39 bits per heavy atom. The molecule has 0 spiro atoms. The highest BCUT2D eigenvalue weighted by Gasteiger charge is 2.34. The van der Waals surface area contributed by atoms with Gasteiger partial charge in [0, 0.05) is 24.2 Å². The molecule has 0 amide bonds. The zero-order valence-electron chi connectivity index (χ0n) is 19.1. The molecule has 1 aromatic heterocycles. The van der Waals surface area contributed by atoms with Gasteiger partial charge in [-0.3, -0.25) is 4.79 Å². The predicted octanol–water partition coefficient (Wildman–Crippen LogP) is 5.94. The SMILES string of the molecule is Cc1ccc2[nH]c(=O)c(CN(CCc3ccccc3)S(=O)(=O)c3cc(C(F)(F)F)ccc3Cl)cc2c1. The van der Waals surface area contributed by atoms with Gasteiger partial charge in [-0.25, -0.2) is 8.42 Å². The number of aromatic amines is 1. The monoisotopic (exact) mass is 534 g/mol. The number of sulfonamides is 1. The number of nitrogens with zero attached hydrogens (tertiary/aromatic N) is 1. The van der Waals surface area contributed by atoms with Crippen molar-refractivity contribution in [3.05, 3.63) is 110 Å². The molecule has 0 saturated heterocycles. The van der Waals surface area contributed by atoms with Gasteiger partial charge in [-0.15, -0.1) is 0 Å². The Morgan fingerprint density at radius 1 is 0.972 bits per heavy atom. The van der Waals surface area contributed by atoms with Crippen molar-refractivity contribution in [1.29, 1.82) is 0 Å². The Kier molecular flexibility index (Phi) is 7.26. The van der Waals surface area contributed by atoms with Crippen LogP contribution in [0.2, 0.25) is 5.02 Å². The lowest BCUT2D eigenvalue weighted by molar-refractivity contribution is -0.137. The van der Waals surface area contributed by atoms with Gasteiger partial charge >= 0.3 is 6.18 Å². The molecule has 0 fully saturated rings. The fraction of sp³-hybridized carbons (Fsp3) is 0.192. The Bertz CT molecular complexity index is 1570. The van der Waals surface area contributed by atoms with E-state index in [1.165, 1.54) is 0 Å². The summed E-state index contributed by atoms with van der Waals surface area (Å²) in [6.07, 6.45) is -4.47. The first-order valence-corrected chi connectivity index (χ1v) is 12.8. The third kappa shape index (κ3) is 5.64. The number of fused-ring (bicyclic) bond motifs is 1. The minimum atomic E-state index is -4.75. The molecule has 0 bridgehead atoms. The Balaban J connectivity index is 1.78. The van der Waals surface area contributed by atoms with Crippen LogP contribution >= 0.6 is 11.6 Å². The molecule has 0 aliphatic heterocycles. The lowest BCUT2D eigenvalue weighted by atomic mass is 10.1. The summed E-state index contributed by atoms with van der Waals surface area (Å²) in [5.41, 5.74) is 0.913. The summed E-state index contributed by atoms with van der Waals surface area (Å²) >= 11 is 6.08. The number of rotatable bonds is 7. The van der Waals surface area contributed by atoms with E-state index < -0.39 is 32.2 Å². The average Bonchev–Trinajstić information content (AvgIpc) is 2.82. The van der Waals surface area contributed by atoms with Gasteiger partial charge < -0.3 is 4.98 Å². The van der Waals surface area contributed by atoms with E-state index in [4.69, 9.17) is 11.6 Å². The number of pyridine rings is 1. The Labute approximate surface area is 211 Å². The molecular formula is C26H22ClF3N2O3S. The summed E-state index contributed by atoms with van der Waals surface area (Å²) < 4.78 is 68.3. The zero-order valence-corrected chi connectivity index (χ0v) is 20.7. The normalized spacial score (nSPS) is 12.4. The number of hydrogen-bond donors (Lipinski definition) is 1. The summed E-state index contributed by atoms with van der Waals surface area (Å²) in [6, 6.07) is 18.2. The maximum absolute atomic E-state index is 13.6. The molecule has 4 rings (SSSR count). The van der Waals surface area contributed by atoms with Crippen LogP contribution in [0.25, 0.3) is 10.9 Å². The van der Waals surface area contributed by atoms with Gasteiger partial charge in [0.15, 0.2) is 0 Å². The van der Waals surface area contributed by atoms with Crippen LogP contribution in [0.15, 0.2) is 82.5 Å². The van der Waals surface area contributed by atoms with Gasteiger partial charge in [0.25, 0.3) is 5.56 Å². The Hall–Kier alpha value is -3.14. The van der Waals surface area contributed by atoms with E-state index in [2.05, 4.69) is 4.98 Å². The van der Waals surface area contributed by atoms with Crippen molar-refractivity contribution in [2.75, 3.05) is 6.54 Å². The second-order valence-electron chi connectivity index (χ2n) is 8.43. The fourth-order valence-electron chi connectivity index (χ4n) is 3.88. The maximum Gasteiger partial charge on any atom is 0.416 e. The number of hydrogen-bond acceptors (Lipinski definition) is 3. The van der Waals surface area contributed by atoms with E-state index in [9.17, 15) is 26.4 Å². The fourth-order valence-corrected chi connectivity index (χ4v) is 5.80. The quantitative estimate of drug-likeness (QED) is 0.319. The van der Waals surface area contributed by atoms with Crippen molar-refractivity contribution in [2.24, 2.45) is 0 Å². The van der Waals surface area contributed by atoms with Crippen LogP contribution in [0, 0.1) is 6.92 Å². The van der Waals surface area contributed by atoms with Crippen LogP contribution in [0.3, 0.4) is 0 Å². The molecule has 0 aliphatic carbocycles. The van der Waals surface area contributed by atoms with E-state index in [0.717, 1.165) is 27.6 Å². The number of alkyl halides is 3. The van der Waals surface area contributed by atoms with Gasteiger partial charge in [-0.2, -0.15) is 17.5 Å². The molecule has 0 atom stereocenters. The zero-order chi connectivity index (χ0) is 26.1. The van der Waals surface area contributed by atoms with Gasteiger partial charge in [0.2, 0.25) is 10.0 Å². The molecule has 36 heavy (non-hydrogen) atoms. The predicted molar refractivity (Wildman–Crippen MR) is 134 cm³/mol. The first-order chi connectivity index (χ1) is 16.9. The lowest BCUT2D eigenvalue weighted by Gasteiger charge is -2.23. The number of nitrogens with one attached hydrogen (secondary N) is 1. The van der Waals surface area contributed by atoms with Crippen LogP contribution in [0.5, 0.6) is 0 Å². The first-order valence-electron chi connectivity index (χ1n) is 11.0. The molecule has 1 N–H and O–H groups in total. The minimum absolute atomic E-state index is 0.0792. The summed E-state index contributed by atoms with van der Waals surface area (Å²) in [4.78, 5) is 14.9. The molecule has 188 valence electrons. The van der Waals surface area contributed by atoms with Crippen LogP contribution in [0.4, 0.5) is 13.2 Å². The molecule has 0 unspecified atom stereocenters. The maximum atomic E-state index is 13.6. The number of aryl methyl sites for hydroxylation is 1. The van der Waals surface area contributed by atoms with Gasteiger partial charge in [-0.1, -0.05) is 53.6 Å². The summed E-state index contributed by atoms with van der Waals surface area (Å²) in [5, 5.41) is 0.373. The molecule has 4 aromatic rings. The number of aromatic nitrogens is 1. The van der Waals surface area contributed by atoms with Crippen LogP contribution in [0.1, 0.15) is 22.3 Å². The van der Waals surface area contributed by atoms with E-state index >= 15 is 0 Å². The highest BCUT2D eigenvalue weighted by molar-refractivity contribution is 7.89. The average molecular weight is 535 g/mol. The smallest absolute Gasteiger partial charge is 0.322 e. The molecule has 1 heterocycles. The molecule has 5 nitrogen and oxygen atoms in total. The lowest BCUT2D eigenvalue weighted by Crippen LogP contribution is -2.35. The highest BCUT2D eigenvalue weighted by atomic mass is 35.5. The van der Waals surface area contributed by atoms with Crippen LogP contribution in [-0.4, -0.2) is 24.3 Å². The van der Waals surface area contributed by atoms with Gasteiger partial charge in [-0.05, 0) is 60.7 Å². The number of benzene rings is 3. The van der Waals surface area contributed by atoms with Crippen LogP contribution in [-0.2, 0) is 29.2 Å². The van der Waals surface area contributed by atoms with Gasteiger partial charge in [0.05, 0.1) is 10.6 Å². The standard InChI is InChI=1S/C26H22ClF3N2O3S/c1-17-7-10-23-19(13-17)14-20(25(33)31-23)16-32(12-11-18-5-3-2-4-6-18)36(34,35)24-15-21(26(28,29)30)8-9-22(24)27/h2-10,13-15H,11-12,16H2,1H3,(H,31,33). The highest BCUT2D eigenvalue weighted by Crippen LogP contribution is 2.34. The largest absolute Gasteiger partial charge is 0.416 e. The topological polar surface area (TPSA) is 70.2 Å². The van der Waals surface area contributed by atoms with E-state index in [1.807, 2.05) is 37.3 Å². The third-order valence-electron chi connectivity index (χ3n) is 5.79. The van der Waals surface area contributed by atoms with Gasteiger partial charge in [0.1, 0.15) is 4.90 Å². The van der Waals surface area contributed by atoms with Crippen molar-refractivity contribution < 1.29 is 21.6 Å². The van der Waals surface area contributed by atoms with Crippen molar-refractivity contribution >= 4 is 32.5 Å². The number of halogens is 4. The van der Waals surface area contributed by atoms with Crippen LogP contribution < -0.4 is 5.56 Å². The van der Waals surface area contributed by atoms with E-state index in [-0.39, 0.29) is 30.1 Å². The van der Waals surface area contributed by atoms with E-state index in [0.29, 0.717) is 17.0 Å². The second kappa shape index (κ2) is 10.1. The molecular weight excluding hydrogens is 513 g/mol. The summed E-state index contributed by atoms with van der Waals surface area (Å²) in [7, 11) is -4.51. The second-order valence-corrected chi connectivity index (χ2v) is 10.7. The molecule has 10 heteroatoms. The third-order valence-corrected chi connectivity index (χ3v) is 8.12. The van der Waals surface area contributed by atoms with Crippen molar-refractivity contribution in [1.82, 2.24) is 9.29 Å². The molecule has 3 aromatic carbocycles. The molecule has 0 radical (unpaired) electrons. The van der Waals surface area contributed by atoms with E-state index in [1.54, 1.807) is 24.3 Å². The molecule has 0 saturated carbocycles. The minimum Gasteiger partial charge on any atom is -0.322 e. The first kappa shape index (κ1) is 25.9.